The molecule has 2 N–H and O–H groups in total. The molecule has 0 aliphatic rings. The molecule has 2 aromatic carbocycles. The number of hydrogen-bond acceptors (Lipinski definition) is 3. The monoisotopic (exact) mass is 339 g/mol. The molecule has 0 radical (unpaired) electrons. The van der Waals surface area contributed by atoms with Crippen molar-refractivity contribution >= 4 is 23.2 Å². The standard InChI is InChI=1S/C19H18ClN3O/c1-14-7-8-17(20)11-18(14)23-13-16(12-21)19(24)22-10-9-15-5-3-2-4-6-15/h2-8,11,13,23H,9-10H2,1H3,(H,22,24)/b16-13-. The first-order valence-corrected chi connectivity index (χ1v) is 7.93. The average molecular weight is 340 g/mol. The third-order valence-corrected chi connectivity index (χ3v) is 3.71. The first kappa shape index (κ1) is 17.6. The maximum absolute atomic E-state index is 12.1. The Bertz CT molecular complexity index is 779. The lowest BCUT2D eigenvalue weighted by Gasteiger charge is -2.07. The number of nitriles is 1. The van der Waals surface area contributed by atoms with Gasteiger partial charge in [0.1, 0.15) is 11.6 Å². The quantitative estimate of drug-likeness (QED) is 0.621. The molecule has 0 aliphatic heterocycles. The van der Waals surface area contributed by atoms with Crippen molar-refractivity contribution in [2.75, 3.05) is 11.9 Å². The summed E-state index contributed by atoms with van der Waals surface area (Å²) in [5.41, 5.74) is 2.88. The predicted octanol–water partition coefficient (Wildman–Crippen LogP) is 3.83. The summed E-state index contributed by atoms with van der Waals surface area (Å²) in [7, 11) is 0. The van der Waals surface area contributed by atoms with Gasteiger partial charge in [0.15, 0.2) is 0 Å². The van der Waals surface area contributed by atoms with Crippen LogP contribution in [0, 0.1) is 18.3 Å². The van der Waals surface area contributed by atoms with Crippen LogP contribution in [0.25, 0.3) is 0 Å². The maximum atomic E-state index is 12.1. The number of rotatable bonds is 6. The van der Waals surface area contributed by atoms with Crippen LogP contribution in [0.1, 0.15) is 11.1 Å². The lowest BCUT2D eigenvalue weighted by molar-refractivity contribution is -0.117. The van der Waals surface area contributed by atoms with Gasteiger partial charge in [-0.25, -0.2) is 0 Å². The lowest BCUT2D eigenvalue weighted by Crippen LogP contribution is -2.27. The number of nitrogens with zero attached hydrogens (tertiary/aromatic N) is 1. The van der Waals surface area contributed by atoms with Crippen LogP contribution >= 0.6 is 11.6 Å². The molecule has 1 amide bonds. The van der Waals surface area contributed by atoms with Gasteiger partial charge in [0, 0.05) is 23.5 Å². The summed E-state index contributed by atoms with van der Waals surface area (Å²) in [5, 5.41) is 15.5. The van der Waals surface area contributed by atoms with E-state index < -0.39 is 5.91 Å². The van der Waals surface area contributed by atoms with Crippen LogP contribution < -0.4 is 10.6 Å². The van der Waals surface area contributed by atoms with Crippen molar-refractivity contribution in [3.8, 4) is 6.07 Å². The van der Waals surface area contributed by atoms with Crippen molar-refractivity contribution in [3.63, 3.8) is 0 Å². The topological polar surface area (TPSA) is 64.9 Å². The molecule has 0 spiro atoms. The third-order valence-electron chi connectivity index (χ3n) is 3.48. The Morgan fingerprint density at radius 1 is 1.25 bits per heavy atom. The fourth-order valence-electron chi connectivity index (χ4n) is 2.11. The van der Waals surface area contributed by atoms with E-state index in [1.807, 2.05) is 49.4 Å². The van der Waals surface area contributed by atoms with Crippen molar-refractivity contribution < 1.29 is 4.79 Å². The number of amides is 1. The van der Waals surface area contributed by atoms with E-state index in [-0.39, 0.29) is 5.57 Å². The minimum Gasteiger partial charge on any atom is -0.360 e. The number of carbonyl (C=O) groups is 1. The Kier molecular flexibility index (Phi) is 6.41. The number of carbonyl (C=O) groups excluding carboxylic acids is 1. The number of hydrogen-bond donors (Lipinski definition) is 2. The van der Waals surface area contributed by atoms with Gasteiger partial charge in [-0.1, -0.05) is 48.0 Å². The summed E-state index contributed by atoms with van der Waals surface area (Å²) in [6.45, 7) is 2.39. The summed E-state index contributed by atoms with van der Waals surface area (Å²) in [6, 6.07) is 17.2. The lowest BCUT2D eigenvalue weighted by atomic mass is 10.1. The normalized spacial score (nSPS) is 10.8. The van der Waals surface area contributed by atoms with E-state index in [1.54, 1.807) is 12.1 Å². The van der Waals surface area contributed by atoms with E-state index in [2.05, 4.69) is 10.6 Å². The van der Waals surface area contributed by atoms with E-state index >= 15 is 0 Å². The molecule has 0 heterocycles. The van der Waals surface area contributed by atoms with Crippen LogP contribution in [0.5, 0.6) is 0 Å². The molecule has 2 aromatic rings. The summed E-state index contributed by atoms with van der Waals surface area (Å²) in [6.07, 6.45) is 2.11. The largest absolute Gasteiger partial charge is 0.360 e. The van der Waals surface area contributed by atoms with Gasteiger partial charge in [-0.3, -0.25) is 4.79 Å². The van der Waals surface area contributed by atoms with Gasteiger partial charge in [-0.2, -0.15) is 5.26 Å². The van der Waals surface area contributed by atoms with Crippen molar-refractivity contribution in [1.29, 1.82) is 5.26 Å². The highest BCUT2D eigenvalue weighted by molar-refractivity contribution is 6.30. The SMILES string of the molecule is Cc1ccc(Cl)cc1N/C=C(/C#N)C(=O)NCCc1ccccc1. The number of benzene rings is 2. The zero-order valence-electron chi connectivity index (χ0n) is 13.3. The van der Waals surface area contributed by atoms with E-state index in [9.17, 15) is 4.79 Å². The fraction of sp³-hybridized carbons (Fsp3) is 0.158. The fourth-order valence-corrected chi connectivity index (χ4v) is 2.28. The maximum Gasteiger partial charge on any atom is 0.263 e. The molecule has 5 heteroatoms. The number of anilines is 1. The second kappa shape index (κ2) is 8.76. The Morgan fingerprint density at radius 2 is 2.00 bits per heavy atom. The molecule has 0 atom stereocenters. The second-order valence-corrected chi connectivity index (χ2v) is 5.70. The Morgan fingerprint density at radius 3 is 2.71 bits per heavy atom. The van der Waals surface area contributed by atoms with Crippen molar-refractivity contribution in [3.05, 3.63) is 76.5 Å². The number of nitrogens with one attached hydrogen (secondary N) is 2. The van der Waals surface area contributed by atoms with Gasteiger partial charge in [0.2, 0.25) is 0 Å². The molecule has 122 valence electrons. The van der Waals surface area contributed by atoms with Crippen LogP contribution in [-0.2, 0) is 11.2 Å². The molecule has 2 rings (SSSR count). The minimum absolute atomic E-state index is 0.0161. The van der Waals surface area contributed by atoms with Gasteiger partial charge in [-0.15, -0.1) is 0 Å². The molecule has 4 nitrogen and oxygen atoms in total. The summed E-state index contributed by atoms with van der Waals surface area (Å²) in [4.78, 5) is 12.1. The highest BCUT2D eigenvalue weighted by Gasteiger charge is 2.08. The third kappa shape index (κ3) is 5.15. The molecule has 0 bridgehead atoms. The van der Waals surface area contributed by atoms with E-state index in [4.69, 9.17) is 16.9 Å². The summed E-state index contributed by atoms with van der Waals surface area (Å²) < 4.78 is 0. The number of aryl methyl sites for hydroxylation is 1. The van der Waals surface area contributed by atoms with Crippen LogP contribution in [-0.4, -0.2) is 12.5 Å². The predicted molar refractivity (Wildman–Crippen MR) is 96.7 cm³/mol. The van der Waals surface area contributed by atoms with Gasteiger partial charge in [0.25, 0.3) is 5.91 Å². The molecular formula is C19H18ClN3O. The van der Waals surface area contributed by atoms with Gasteiger partial charge in [-0.05, 0) is 36.6 Å². The smallest absolute Gasteiger partial charge is 0.263 e. The number of halogens is 1. The molecule has 0 aromatic heterocycles. The zero-order valence-corrected chi connectivity index (χ0v) is 14.1. The first-order valence-electron chi connectivity index (χ1n) is 7.55. The highest BCUT2D eigenvalue weighted by Crippen LogP contribution is 2.20. The minimum atomic E-state index is -0.402. The zero-order chi connectivity index (χ0) is 17.4. The molecule has 0 fully saturated rings. The highest BCUT2D eigenvalue weighted by atomic mass is 35.5. The summed E-state index contributed by atoms with van der Waals surface area (Å²) in [5.74, 6) is -0.402. The Hall–Kier alpha value is -2.77. The molecule has 24 heavy (non-hydrogen) atoms. The molecule has 0 unspecified atom stereocenters. The first-order chi connectivity index (χ1) is 11.6. The molecule has 0 aliphatic carbocycles. The van der Waals surface area contributed by atoms with E-state index in [0.29, 0.717) is 18.0 Å². The van der Waals surface area contributed by atoms with Crippen LogP contribution in [0.15, 0.2) is 60.3 Å². The Balaban J connectivity index is 1.93. The van der Waals surface area contributed by atoms with E-state index in [1.165, 1.54) is 6.20 Å². The average Bonchev–Trinajstić information content (AvgIpc) is 2.59. The van der Waals surface area contributed by atoms with Gasteiger partial charge >= 0.3 is 0 Å². The van der Waals surface area contributed by atoms with Crippen LogP contribution in [0.2, 0.25) is 5.02 Å². The molecular weight excluding hydrogens is 322 g/mol. The Labute approximate surface area is 146 Å². The van der Waals surface area contributed by atoms with Crippen molar-refractivity contribution in [2.45, 2.75) is 13.3 Å². The van der Waals surface area contributed by atoms with Gasteiger partial charge < -0.3 is 10.6 Å². The second-order valence-electron chi connectivity index (χ2n) is 5.26. The van der Waals surface area contributed by atoms with Crippen LogP contribution in [0.3, 0.4) is 0 Å². The molecule has 0 saturated heterocycles. The van der Waals surface area contributed by atoms with Gasteiger partial charge in [0.05, 0.1) is 0 Å². The van der Waals surface area contributed by atoms with Crippen molar-refractivity contribution in [2.24, 2.45) is 0 Å². The molecule has 0 saturated carbocycles. The van der Waals surface area contributed by atoms with Crippen molar-refractivity contribution in [1.82, 2.24) is 5.32 Å². The van der Waals surface area contributed by atoms with E-state index in [0.717, 1.165) is 16.8 Å². The summed E-state index contributed by atoms with van der Waals surface area (Å²) >= 11 is 5.95. The van der Waals surface area contributed by atoms with Crippen LogP contribution in [0.4, 0.5) is 5.69 Å².